The summed E-state index contributed by atoms with van der Waals surface area (Å²) in [4.78, 5) is 25.9. The van der Waals surface area contributed by atoms with Crippen LogP contribution in [0.1, 0.15) is 89.5 Å². The lowest BCUT2D eigenvalue weighted by Crippen LogP contribution is -2.62. The van der Waals surface area contributed by atoms with Gasteiger partial charge in [-0.15, -0.1) is 0 Å². The SMILES string of the molecule is CNCCCN(C)C(=O)O[C@H]1CC[C@@]2(C)[C@H](CC[C@@H]3[C@@H]2CC[C@]2(C)[C@@H](c4ccc(=O)oc4)CCC32O)C1. The molecule has 7 heteroatoms. The van der Waals surface area contributed by atoms with Crippen LogP contribution in [0.3, 0.4) is 0 Å². The van der Waals surface area contributed by atoms with E-state index in [1.54, 1.807) is 11.2 Å². The summed E-state index contributed by atoms with van der Waals surface area (Å²) < 4.78 is 11.2. The maximum atomic E-state index is 12.7. The van der Waals surface area contributed by atoms with Crippen molar-refractivity contribution in [3.8, 4) is 0 Å². The standard InChI is InChI=1S/C30H46N2O5/c1-28-13-10-22(37-27(34)32(4)17-5-16-31-3)18-21(28)7-8-25-24(28)11-14-29(2)23(12-15-30(25,29)35)20-6-9-26(33)36-19-20/h6,9,19,21-25,31,35H,5,7-8,10-18H2,1-4H3/t21-,22+,23-,24+,25-,28+,29-,30?/m1/s1. The van der Waals surface area contributed by atoms with Gasteiger partial charge in [0.2, 0.25) is 0 Å². The summed E-state index contributed by atoms with van der Waals surface area (Å²) in [6.07, 6.45) is 11.2. The molecule has 0 spiro atoms. The molecule has 4 saturated carbocycles. The monoisotopic (exact) mass is 514 g/mol. The Morgan fingerprint density at radius 2 is 1.95 bits per heavy atom. The second-order valence-electron chi connectivity index (χ2n) is 13.0. The Kier molecular flexibility index (Phi) is 7.25. The number of carbonyl (C=O) groups excluding carboxylic acids is 1. The van der Waals surface area contributed by atoms with E-state index < -0.39 is 5.60 Å². The number of carbonyl (C=O) groups is 1. The zero-order valence-corrected chi connectivity index (χ0v) is 23.1. The van der Waals surface area contributed by atoms with Gasteiger partial charge >= 0.3 is 11.7 Å². The van der Waals surface area contributed by atoms with Crippen LogP contribution in [0, 0.1) is 28.6 Å². The topological polar surface area (TPSA) is 92.0 Å². The van der Waals surface area contributed by atoms with Gasteiger partial charge in [-0.1, -0.05) is 13.8 Å². The maximum Gasteiger partial charge on any atom is 0.409 e. The van der Waals surface area contributed by atoms with Gasteiger partial charge in [-0.25, -0.2) is 9.59 Å². The van der Waals surface area contributed by atoms with Crippen LogP contribution in [0.5, 0.6) is 0 Å². The first kappa shape index (κ1) is 26.7. The van der Waals surface area contributed by atoms with Gasteiger partial charge < -0.3 is 24.5 Å². The fourth-order valence-electron chi connectivity index (χ4n) is 9.21. The van der Waals surface area contributed by atoms with E-state index in [1.165, 1.54) is 6.07 Å². The van der Waals surface area contributed by atoms with Crippen molar-refractivity contribution < 1.29 is 19.1 Å². The van der Waals surface area contributed by atoms with Crippen molar-refractivity contribution in [1.29, 1.82) is 0 Å². The Labute approximate surface area is 221 Å². The summed E-state index contributed by atoms with van der Waals surface area (Å²) in [6, 6.07) is 3.41. The van der Waals surface area contributed by atoms with Crippen LogP contribution >= 0.6 is 0 Å². The number of nitrogens with one attached hydrogen (secondary N) is 1. The molecule has 4 aliphatic carbocycles. The molecule has 1 amide bonds. The molecular weight excluding hydrogens is 468 g/mol. The Balaban J connectivity index is 1.27. The first-order valence-electron chi connectivity index (χ1n) is 14.5. The fourth-order valence-corrected chi connectivity index (χ4v) is 9.21. The molecule has 7 nitrogen and oxygen atoms in total. The molecule has 0 bridgehead atoms. The number of rotatable bonds is 6. The molecule has 0 saturated heterocycles. The highest BCUT2D eigenvalue weighted by atomic mass is 16.6. The van der Waals surface area contributed by atoms with Crippen molar-refractivity contribution in [3.63, 3.8) is 0 Å². The number of amides is 1. The number of ether oxygens (including phenoxy) is 1. The van der Waals surface area contributed by atoms with E-state index in [4.69, 9.17) is 9.15 Å². The highest BCUT2D eigenvalue weighted by Crippen LogP contribution is 2.70. The zero-order chi connectivity index (χ0) is 26.4. The minimum Gasteiger partial charge on any atom is -0.446 e. The second kappa shape index (κ2) is 10.0. The van der Waals surface area contributed by atoms with Crippen LogP contribution in [0.15, 0.2) is 27.6 Å². The summed E-state index contributed by atoms with van der Waals surface area (Å²) in [6.45, 7) is 6.33. The van der Waals surface area contributed by atoms with Crippen molar-refractivity contribution in [2.75, 3.05) is 27.2 Å². The summed E-state index contributed by atoms with van der Waals surface area (Å²) in [5.41, 5.74) is 0.0130. The summed E-state index contributed by atoms with van der Waals surface area (Å²) in [5, 5.41) is 15.5. The van der Waals surface area contributed by atoms with Gasteiger partial charge in [0.15, 0.2) is 0 Å². The van der Waals surface area contributed by atoms with Crippen LogP contribution < -0.4 is 10.9 Å². The first-order valence-corrected chi connectivity index (χ1v) is 14.5. The third-order valence-corrected chi connectivity index (χ3v) is 11.4. The van der Waals surface area contributed by atoms with Crippen molar-refractivity contribution in [2.45, 2.75) is 95.7 Å². The predicted molar refractivity (Wildman–Crippen MR) is 142 cm³/mol. The van der Waals surface area contributed by atoms with E-state index >= 15 is 0 Å². The molecule has 1 unspecified atom stereocenters. The predicted octanol–water partition coefficient (Wildman–Crippen LogP) is 4.93. The fraction of sp³-hybridized carbons (Fsp3) is 0.800. The number of aliphatic hydroxyl groups is 1. The van der Waals surface area contributed by atoms with Crippen molar-refractivity contribution in [2.24, 2.45) is 28.6 Å². The second-order valence-corrected chi connectivity index (χ2v) is 13.0. The molecule has 0 aromatic carbocycles. The number of nitrogens with zero attached hydrogens (tertiary/aromatic N) is 1. The third kappa shape index (κ3) is 4.44. The van der Waals surface area contributed by atoms with Crippen LogP contribution in [-0.4, -0.2) is 55.0 Å². The zero-order valence-electron chi connectivity index (χ0n) is 23.1. The van der Waals surface area contributed by atoms with E-state index in [-0.39, 0.29) is 34.6 Å². The molecule has 37 heavy (non-hydrogen) atoms. The van der Waals surface area contributed by atoms with E-state index in [0.717, 1.165) is 76.3 Å². The molecule has 0 radical (unpaired) electrons. The lowest BCUT2D eigenvalue weighted by molar-refractivity contribution is -0.205. The average molecular weight is 515 g/mol. The normalized spacial score (nSPS) is 40.8. The lowest BCUT2D eigenvalue weighted by Gasteiger charge is -2.63. The quantitative estimate of drug-likeness (QED) is 0.523. The Bertz CT molecular complexity index is 1020. The molecule has 4 fully saturated rings. The number of hydrogen-bond donors (Lipinski definition) is 2. The molecule has 8 atom stereocenters. The van der Waals surface area contributed by atoms with E-state index in [1.807, 2.05) is 20.2 Å². The third-order valence-electron chi connectivity index (χ3n) is 11.4. The lowest BCUT2D eigenvalue weighted by atomic mass is 9.43. The van der Waals surface area contributed by atoms with Crippen molar-refractivity contribution >= 4 is 6.09 Å². The van der Waals surface area contributed by atoms with Gasteiger partial charge in [0.1, 0.15) is 6.10 Å². The van der Waals surface area contributed by atoms with Crippen LogP contribution in [0.2, 0.25) is 0 Å². The first-order chi connectivity index (χ1) is 17.6. The molecule has 2 N–H and O–H groups in total. The number of fused-ring (bicyclic) bond motifs is 5. The average Bonchev–Trinajstić information content (AvgIpc) is 3.16. The van der Waals surface area contributed by atoms with Gasteiger partial charge in [-0.05, 0) is 119 Å². The molecule has 5 rings (SSSR count). The van der Waals surface area contributed by atoms with E-state index in [0.29, 0.717) is 24.3 Å². The van der Waals surface area contributed by atoms with Gasteiger partial charge in [0.05, 0.1) is 11.9 Å². The van der Waals surface area contributed by atoms with Crippen LogP contribution in [0.25, 0.3) is 0 Å². The van der Waals surface area contributed by atoms with Crippen LogP contribution in [0.4, 0.5) is 4.79 Å². The van der Waals surface area contributed by atoms with Gasteiger partial charge in [-0.3, -0.25) is 0 Å². The van der Waals surface area contributed by atoms with Gasteiger partial charge in [-0.2, -0.15) is 0 Å². The summed E-state index contributed by atoms with van der Waals surface area (Å²) >= 11 is 0. The Morgan fingerprint density at radius 3 is 2.68 bits per heavy atom. The molecule has 1 aromatic rings. The molecule has 4 aliphatic rings. The smallest absolute Gasteiger partial charge is 0.409 e. The highest BCUT2D eigenvalue weighted by Gasteiger charge is 2.67. The van der Waals surface area contributed by atoms with Crippen molar-refractivity contribution in [3.05, 3.63) is 34.4 Å². The maximum absolute atomic E-state index is 12.7. The molecule has 1 heterocycles. The highest BCUT2D eigenvalue weighted by molar-refractivity contribution is 5.67. The summed E-state index contributed by atoms with van der Waals surface area (Å²) in [7, 11) is 3.75. The molecule has 206 valence electrons. The van der Waals surface area contributed by atoms with E-state index in [2.05, 4.69) is 19.2 Å². The molecule has 0 aliphatic heterocycles. The summed E-state index contributed by atoms with van der Waals surface area (Å²) in [5.74, 6) is 1.54. The Hall–Kier alpha value is -1.86. The molecular formula is C30H46N2O5. The minimum absolute atomic E-state index is 0.00517. The van der Waals surface area contributed by atoms with Crippen LogP contribution in [-0.2, 0) is 4.74 Å². The largest absolute Gasteiger partial charge is 0.446 e. The molecule has 1 aromatic heterocycles. The van der Waals surface area contributed by atoms with E-state index in [9.17, 15) is 14.7 Å². The van der Waals surface area contributed by atoms with Crippen molar-refractivity contribution in [1.82, 2.24) is 10.2 Å². The Morgan fingerprint density at radius 1 is 1.14 bits per heavy atom. The minimum atomic E-state index is -0.690. The van der Waals surface area contributed by atoms with Gasteiger partial charge in [0, 0.05) is 25.1 Å². The number of hydrogen-bond acceptors (Lipinski definition) is 6. The van der Waals surface area contributed by atoms with Gasteiger partial charge in [0.25, 0.3) is 0 Å².